The number of amides is 3. The quantitative estimate of drug-likeness (QED) is 0.821. The van der Waals surface area contributed by atoms with E-state index in [1.807, 2.05) is 0 Å². The highest BCUT2D eigenvalue weighted by molar-refractivity contribution is 6.34. The lowest BCUT2D eigenvalue weighted by atomic mass is 9.86. The van der Waals surface area contributed by atoms with Crippen LogP contribution >= 0.6 is 0 Å². The molecule has 0 aromatic heterocycles. The van der Waals surface area contributed by atoms with Crippen LogP contribution in [0.3, 0.4) is 0 Å². The maximum Gasteiger partial charge on any atom is 0.266 e. The highest BCUT2D eigenvalue weighted by atomic mass is 19.1. The molecule has 0 unspecified atom stereocenters. The number of carbonyl (C=O) groups is 3. The number of fused-ring (bicyclic) bond motifs is 1. The van der Waals surface area contributed by atoms with Crippen LogP contribution in [-0.2, 0) is 0 Å². The van der Waals surface area contributed by atoms with E-state index in [2.05, 4.69) is 12.2 Å². The second-order valence-corrected chi connectivity index (χ2v) is 7.52. The second kappa shape index (κ2) is 7.19. The molecule has 1 fully saturated rings. The Labute approximate surface area is 162 Å². The fourth-order valence-electron chi connectivity index (χ4n) is 3.99. The monoisotopic (exact) mass is 380 g/mol. The summed E-state index contributed by atoms with van der Waals surface area (Å²) in [6.45, 7) is 2.13. The predicted molar refractivity (Wildman–Crippen MR) is 103 cm³/mol. The molecule has 5 nitrogen and oxygen atoms in total. The van der Waals surface area contributed by atoms with Gasteiger partial charge in [0.05, 0.1) is 16.8 Å². The van der Waals surface area contributed by atoms with Crippen LogP contribution in [0.5, 0.6) is 0 Å². The SMILES string of the molecule is C[C@H]1CCCC[C@@H]1NC(=O)c1ccc2c(c1)C(=O)N(c1ccc(F)cc1)C2=O. The van der Waals surface area contributed by atoms with Gasteiger partial charge in [0.25, 0.3) is 17.7 Å². The van der Waals surface area contributed by atoms with Crippen molar-refractivity contribution < 1.29 is 18.8 Å². The molecule has 28 heavy (non-hydrogen) atoms. The van der Waals surface area contributed by atoms with Crippen molar-refractivity contribution in [2.45, 2.75) is 38.6 Å². The Balaban J connectivity index is 1.58. The summed E-state index contributed by atoms with van der Waals surface area (Å²) >= 11 is 0. The molecule has 0 bridgehead atoms. The summed E-state index contributed by atoms with van der Waals surface area (Å²) in [4.78, 5) is 39.1. The van der Waals surface area contributed by atoms with Crippen molar-refractivity contribution in [3.8, 4) is 0 Å². The van der Waals surface area contributed by atoms with Crippen LogP contribution in [0.25, 0.3) is 0 Å². The Hall–Kier alpha value is -3.02. The van der Waals surface area contributed by atoms with E-state index in [0.717, 1.165) is 24.2 Å². The molecular weight excluding hydrogens is 359 g/mol. The van der Waals surface area contributed by atoms with Gasteiger partial charge in [-0.15, -0.1) is 0 Å². The van der Waals surface area contributed by atoms with Gasteiger partial charge in [-0.2, -0.15) is 0 Å². The maximum absolute atomic E-state index is 13.2. The molecule has 0 spiro atoms. The zero-order chi connectivity index (χ0) is 19.8. The van der Waals surface area contributed by atoms with Gasteiger partial charge in [0.1, 0.15) is 5.82 Å². The van der Waals surface area contributed by atoms with E-state index in [0.29, 0.717) is 17.2 Å². The van der Waals surface area contributed by atoms with Crippen LogP contribution in [0.1, 0.15) is 63.7 Å². The molecule has 1 heterocycles. The average molecular weight is 380 g/mol. The summed E-state index contributed by atoms with van der Waals surface area (Å²) in [5, 5.41) is 3.06. The molecule has 2 aromatic rings. The second-order valence-electron chi connectivity index (χ2n) is 7.52. The topological polar surface area (TPSA) is 66.5 Å². The summed E-state index contributed by atoms with van der Waals surface area (Å²) in [5.74, 6) is -1.24. The summed E-state index contributed by atoms with van der Waals surface area (Å²) in [5.41, 5.74) is 1.10. The molecule has 2 aromatic carbocycles. The number of halogens is 1. The number of imide groups is 1. The average Bonchev–Trinajstić information content (AvgIpc) is 2.94. The van der Waals surface area contributed by atoms with E-state index < -0.39 is 17.6 Å². The Kier molecular flexibility index (Phi) is 4.71. The highest BCUT2D eigenvalue weighted by Gasteiger charge is 2.37. The van der Waals surface area contributed by atoms with Gasteiger partial charge in [-0.1, -0.05) is 19.8 Å². The Morgan fingerprint density at radius 3 is 2.39 bits per heavy atom. The number of nitrogens with one attached hydrogen (secondary N) is 1. The number of hydrogen-bond donors (Lipinski definition) is 1. The Bertz CT molecular complexity index is 955. The molecule has 6 heteroatoms. The molecule has 1 aliphatic carbocycles. The van der Waals surface area contributed by atoms with Gasteiger partial charge >= 0.3 is 0 Å². The van der Waals surface area contributed by atoms with Gasteiger partial charge in [-0.3, -0.25) is 14.4 Å². The molecule has 144 valence electrons. The first-order valence-electron chi connectivity index (χ1n) is 9.55. The van der Waals surface area contributed by atoms with Gasteiger partial charge in [0.2, 0.25) is 0 Å². The van der Waals surface area contributed by atoms with Gasteiger partial charge in [0.15, 0.2) is 0 Å². The third kappa shape index (κ3) is 3.19. The maximum atomic E-state index is 13.2. The summed E-state index contributed by atoms with van der Waals surface area (Å²) in [6.07, 6.45) is 4.32. The van der Waals surface area contributed by atoms with Crippen LogP contribution in [-0.4, -0.2) is 23.8 Å². The molecule has 3 amide bonds. The number of benzene rings is 2. The lowest BCUT2D eigenvalue weighted by Gasteiger charge is -2.29. The summed E-state index contributed by atoms with van der Waals surface area (Å²) in [6, 6.07) is 9.85. The predicted octanol–water partition coefficient (Wildman–Crippen LogP) is 3.93. The Morgan fingerprint density at radius 1 is 1.00 bits per heavy atom. The Morgan fingerprint density at radius 2 is 1.68 bits per heavy atom. The molecule has 2 atom stereocenters. The van der Waals surface area contributed by atoms with E-state index in [-0.39, 0.29) is 23.1 Å². The van der Waals surface area contributed by atoms with Crippen molar-refractivity contribution in [2.75, 3.05) is 4.90 Å². The number of nitrogens with zero attached hydrogens (tertiary/aromatic N) is 1. The summed E-state index contributed by atoms with van der Waals surface area (Å²) in [7, 11) is 0. The normalized spacial score (nSPS) is 21.6. The van der Waals surface area contributed by atoms with Gasteiger partial charge < -0.3 is 5.32 Å². The van der Waals surface area contributed by atoms with Crippen LogP contribution in [0.4, 0.5) is 10.1 Å². The van der Waals surface area contributed by atoms with E-state index >= 15 is 0 Å². The molecule has 4 rings (SSSR count). The third-order valence-corrected chi connectivity index (χ3v) is 5.66. The number of carbonyl (C=O) groups excluding carboxylic acids is 3. The molecule has 1 saturated carbocycles. The van der Waals surface area contributed by atoms with Gasteiger partial charge in [-0.25, -0.2) is 9.29 Å². The van der Waals surface area contributed by atoms with E-state index in [1.165, 1.54) is 42.8 Å². The fourth-order valence-corrected chi connectivity index (χ4v) is 3.99. The minimum absolute atomic E-state index is 0.127. The number of anilines is 1. The number of rotatable bonds is 3. The number of hydrogen-bond acceptors (Lipinski definition) is 3. The lowest BCUT2D eigenvalue weighted by Crippen LogP contribution is -2.41. The van der Waals surface area contributed by atoms with Crippen molar-refractivity contribution in [1.82, 2.24) is 5.32 Å². The van der Waals surface area contributed by atoms with Crippen molar-refractivity contribution in [2.24, 2.45) is 5.92 Å². The van der Waals surface area contributed by atoms with E-state index in [1.54, 1.807) is 6.07 Å². The van der Waals surface area contributed by atoms with Crippen LogP contribution in [0.2, 0.25) is 0 Å². The molecule has 0 radical (unpaired) electrons. The van der Waals surface area contributed by atoms with Crippen molar-refractivity contribution in [3.05, 3.63) is 65.0 Å². The molecule has 2 aliphatic rings. The minimum atomic E-state index is -0.507. The van der Waals surface area contributed by atoms with Crippen LogP contribution < -0.4 is 10.2 Å². The standard InChI is InChI=1S/C22H21FN2O3/c1-13-4-2-3-5-19(13)24-20(26)14-6-11-17-18(12-14)22(28)25(21(17)27)16-9-7-15(23)8-10-16/h6-13,19H,2-5H2,1H3,(H,24,26)/t13-,19-/m0/s1. The van der Waals surface area contributed by atoms with E-state index in [4.69, 9.17) is 0 Å². The first-order valence-corrected chi connectivity index (χ1v) is 9.55. The zero-order valence-corrected chi connectivity index (χ0v) is 15.6. The van der Waals surface area contributed by atoms with Crippen LogP contribution in [0.15, 0.2) is 42.5 Å². The fraction of sp³-hybridized carbons (Fsp3) is 0.318. The van der Waals surface area contributed by atoms with Crippen molar-refractivity contribution >= 4 is 23.4 Å². The molecule has 0 saturated heterocycles. The lowest BCUT2D eigenvalue weighted by molar-refractivity contribution is 0.0906. The van der Waals surface area contributed by atoms with Gasteiger partial charge in [-0.05, 0) is 61.2 Å². The molecule has 1 aliphatic heterocycles. The smallest absolute Gasteiger partial charge is 0.266 e. The van der Waals surface area contributed by atoms with Crippen LogP contribution in [0, 0.1) is 11.7 Å². The third-order valence-electron chi connectivity index (χ3n) is 5.66. The minimum Gasteiger partial charge on any atom is -0.349 e. The zero-order valence-electron chi connectivity index (χ0n) is 15.6. The highest BCUT2D eigenvalue weighted by Crippen LogP contribution is 2.29. The largest absolute Gasteiger partial charge is 0.349 e. The molecule has 1 N–H and O–H groups in total. The van der Waals surface area contributed by atoms with Crippen molar-refractivity contribution in [3.63, 3.8) is 0 Å². The molecular formula is C22H21FN2O3. The first-order chi connectivity index (χ1) is 13.5. The van der Waals surface area contributed by atoms with Gasteiger partial charge in [0, 0.05) is 11.6 Å². The van der Waals surface area contributed by atoms with E-state index in [9.17, 15) is 18.8 Å². The summed E-state index contributed by atoms with van der Waals surface area (Å²) < 4.78 is 13.2. The first kappa shape index (κ1) is 18.3. The van der Waals surface area contributed by atoms with Crippen molar-refractivity contribution in [1.29, 1.82) is 0 Å².